The van der Waals surface area contributed by atoms with Crippen molar-refractivity contribution in [3.05, 3.63) is 30.3 Å². The second-order valence-electron chi connectivity index (χ2n) is 4.23. The molecule has 5 heteroatoms. The van der Waals surface area contributed by atoms with Gasteiger partial charge in [0.1, 0.15) is 11.8 Å². The molecular formula is C13H17NO4. The van der Waals surface area contributed by atoms with E-state index in [0.29, 0.717) is 5.75 Å². The quantitative estimate of drug-likeness (QED) is 0.798. The summed E-state index contributed by atoms with van der Waals surface area (Å²) >= 11 is 0. The molecule has 98 valence electrons. The standard InChI is InChI=1S/C13H17NO4/c1-9(2)12(13(16)17)14-11(15)8-18-10-6-4-3-5-7-10/h3-7,9,12H,8H2,1-2H3,(H,14,15)(H,16,17)/t12-/m0/s1. The van der Waals surface area contributed by atoms with Crippen molar-refractivity contribution in [2.75, 3.05) is 6.61 Å². The Hall–Kier alpha value is -2.04. The second-order valence-corrected chi connectivity index (χ2v) is 4.23. The lowest BCUT2D eigenvalue weighted by molar-refractivity contribution is -0.143. The van der Waals surface area contributed by atoms with E-state index in [1.165, 1.54) is 0 Å². The highest BCUT2D eigenvalue weighted by molar-refractivity contribution is 5.84. The largest absolute Gasteiger partial charge is 0.484 e. The molecule has 0 saturated heterocycles. The Labute approximate surface area is 106 Å². The molecule has 1 aromatic rings. The van der Waals surface area contributed by atoms with Crippen molar-refractivity contribution in [1.29, 1.82) is 0 Å². The number of aliphatic carboxylic acids is 1. The molecule has 18 heavy (non-hydrogen) atoms. The third-order valence-electron chi connectivity index (χ3n) is 2.36. The normalized spacial score (nSPS) is 11.9. The van der Waals surface area contributed by atoms with Gasteiger partial charge in [-0.05, 0) is 18.1 Å². The molecule has 0 fully saturated rings. The number of carboxylic acids is 1. The Morgan fingerprint density at radius 1 is 1.28 bits per heavy atom. The first kappa shape index (κ1) is 14.0. The number of ether oxygens (including phenoxy) is 1. The van der Waals surface area contributed by atoms with Gasteiger partial charge in [-0.15, -0.1) is 0 Å². The topological polar surface area (TPSA) is 75.6 Å². The number of rotatable bonds is 6. The summed E-state index contributed by atoms with van der Waals surface area (Å²) < 4.78 is 5.22. The number of carboxylic acid groups (broad SMARTS) is 1. The van der Waals surface area contributed by atoms with Crippen LogP contribution in [0.4, 0.5) is 0 Å². The fourth-order valence-electron chi connectivity index (χ4n) is 1.39. The van der Waals surface area contributed by atoms with Gasteiger partial charge in [-0.25, -0.2) is 4.79 Å². The molecule has 0 heterocycles. The SMILES string of the molecule is CC(C)[C@H](NC(=O)COc1ccccc1)C(=O)O. The van der Waals surface area contributed by atoms with Gasteiger partial charge in [0.05, 0.1) is 0 Å². The van der Waals surface area contributed by atoms with Crippen LogP contribution in [0.15, 0.2) is 30.3 Å². The number of amides is 1. The third kappa shape index (κ3) is 4.45. The number of carbonyl (C=O) groups is 2. The zero-order valence-electron chi connectivity index (χ0n) is 10.4. The number of hydrogen-bond acceptors (Lipinski definition) is 3. The average molecular weight is 251 g/mol. The number of hydrogen-bond donors (Lipinski definition) is 2. The van der Waals surface area contributed by atoms with E-state index in [9.17, 15) is 9.59 Å². The van der Waals surface area contributed by atoms with E-state index in [4.69, 9.17) is 9.84 Å². The van der Waals surface area contributed by atoms with Crippen LogP contribution in [0.1, 0.15) is 13.8 Å². The first-order valence-corrected chi connectivity index (χ1v) is 5.70. The van der Waals surface area contributed by atoms with Crippen LogP contribution in [0.5, 0.6) is 5.75 Å². The fraction of sp³-hybridized carbons (Fsp3) is 0.385. The molecule has 1 atom stereocenters. The average Bonchev–Trinajstić information content (AvgIpc) is 2.34. The van der Waals surface area contributed by atoms with E-state index in [-0.39, 0.29) is 12.5 Å². The minimum atomic E-state index is -1.04. The molecular weight excluding hydrogens is 234 g/mol. The van der Waals surface area contributed by atoms with Crippen molar-refractivity contribution in [1.82, 2.24) is 5.32 Å². The van der Waals surface area contributed by atoms with E-state index in [1.54, 1.807) is 38.1 Å². The lowest BCUT2D eigenvalue weighted by Crippen LogP contribution is -2.46. The number of para-hydroxylation sites is 1. The van der Waals surface area contributed by atoms with Crippen LogP contribution in [0.25, 0.3) is 0 Å². The van der Waals surface area contributed by atoms with Gasteiger partial charge in [-0.2, -0.15) is 0 Å². The molecule has 0 spiro atoms. The van der Waals surface area contributed by atoms with Crippen LogP contribution in [0, 0.1) is 5.92 Å². The highest BCUT2D eigenvalue weighted by atomic mass is 16.5. The number of carbonyl (C=O) groups excluding carboxylic acids is 1. The molecule has 0 aliphatic carbocycles. The molecule has 2 N–H and O–H groups in total. The second kappa shape index (κ2) is 6.64. The Morgan fingerprint density at radius 3 is 2.39 bits per heavy atom. The molecule has 0 unspecified atom stereocenters. The summed E-state index contributed by atoms with van der Waals surface area (Å²) in [5, 5.41) is 11.3. The van der Waals surface area contributed by atoms with Gasteiger partial charge in [-0.1, -0.05) is 32.0 Å². The van der Waals surface area contributed by atoms with Crippen molar-refractivity contribution in [3.63, 3.8) is 0 Å². The molecule has 0 bridgehead atoms. The van der Waals surface area contributed by atoms with Gasteiger partial charge in [0.25, 0.3) is 5.91 Å². The molecule has 1 amide bonds. The van der Waals surface area contributed by atoms with Gasteiger partial charge in [0.15, 0.2) is 6.61 Å². The highest BCUT2D eigenvalue weighted by Crippen LogP contribution is 2.08. The van der Waals surface area contributed by atoms with Crippen LogP contribution >= 0.6 is 0 Å². The van der Waals surface area contributed by atoms with Crippen LogP contribution in [-0.4, -0.2) is 29.6 Å². The summed E-state index contributed by atoms with van der Waals surface area (Å²) in [5.74, 6) is -1.09. The Morgan fingerprint density at radius 2 is 1.89 bits per heavy atom. The van der Waals surface area contributed by atoms with Gasteiger partial charge in [0, 0.05) is 0 Å². The van der Waals surface area contributed by atoms with Crippen molar-refractivity contribution >= 4 is 11.9 Å². The lowest BCUT2D eigenvalue weighted by Gasteiger charge is -2.17. The summed E-state index contributed by atoms with van der Waals surface area (Å²) in [7, 11) is 0. The molecule has 0 radical (unpaired) electrons. The monoisotopic (exact) mass is 251 g/mol. The first-order chi connectivity index (χ1) is 8.50. The molecule has 0 aliphatic rings. The highest BCUT2D eigenvalue weighted by Gasteiger charge is 2.23. The van der Waals surface area contributed by atoms with Crippen molar-refractivity contribution in [2.24, 2.45) is 5.92 Å². The molecule has 5 nitrogen and oxygen atoms in total. The summed E-state index contributed by atoms with van der Waals surface area (Å²) in [5.41, 5.74) is 0. The predicted octanol–water partition coefficient (Wildman–Crippen LogP) is 1.29. The number of nitrogens with one attached hydrogen (secondary N) is 1. The van der Waals surface area contributed by atoms with Crippen molar-refractivity contribution in [2.45, 2.75) is 19.9 Å². The maximum atomic E-state index is 11.5. The van der Waals surface area contributed by atoms with Crippen LogP contribution in [0.2, 0.25) is 0 Å². The van der Waals surface area contributed by atoms with E-state index in [0.717, 1.165) is 0 Å². The van der Waals surface area contributed by atoms with E-state index >= 15 is 0 Å². The molecule has 0 aliphatic heterocycles. The maximum Gasteiger partial charge on any atom is 0.326 e. The minimum Gasteiger partial charge on any atom is -0.484 e. The van der Waals surface area contributed by atoms with Gasteiger partial charge >= 0.3 is 5.97 Å². The Bertz CT molecular complexity index is 403. The van der Waals surface area contributed by atoms with Crippen LogP contribution in [0.3, 0.4) is 0 Å². The zero-order valence-corrected chi connectivity index (χ0v) is 10.4. The minimum absolute atomic E-state index is 0.178. The molecule has 1 rings (SSSR count). The molecule has 0 saturated carbocycles. The fourth-order valence-corrected chi connectivity index (χ4v) is 1.39. The van der Waals surface area contributed by atoms with E-state index in [1.807, 2.05) is 6.07 Å². The third-order valence-corrected chi connectivity index (χ3v) is 2.36. The van der Waals surface area contributed by atoms with Gasteiger partial charge in [-0.3, -0.25) is 4.79 Å². The lowest BCUT2D eigenvalue weighted by atomic mass is 10.1. The Kier molecular flexibility index (Phi) is 5.17. The summed E-state index contributed by atoms with van der Waals surface area (Å²) in [4.78, 5) is 22.4. The number of benzene rings is 1. The zero-order chi connectivity index (χ0) is 13.5. The Balaban J connectivity index is 2.44. The predicted molar refractivity (Wildman–Crippen MR) is 66.3 cm³/mol. The van der Waals surface area contributed by atoms with Crippen LogP contribution in [-0.2, 0) is 9.59 Å². The maximum absolute atomic E-state index is 11.5. The summed E-state index contributed by atoms with van der Waals surface area (Å²) in [6.45, 7) is 3.27. The summed E-state index contributed by atoms with van der Waals surface area (Å²) in [6, 6.07) is 7.99. The molecule has 0 aromatic heterocycles. The first-order valence-electron chi connectivity index (χ1n) is 5.70. The van der Waals surface area contributed by atoms with Crippen molar-refractivity contribution in [3.8, 4) is 5.75 Å². The van der Waals surface area contributed by atoms with E-state index < -0.39 is 17.9 Å². The molecule has 1 aromatic carbocycles. The van der Waals surface area contributed by atoms with Gasteiger partial charge in [0.2, 0.25) is 0 Å². The van der Waals surface area contributed by atoms with E-state index in [2.05, 4.69) is 5.32 Å². The summed E-state index contributed by atoms with van der Waals surface area (Å²) in [6.07, 6.45) is 0. The van der Waals surface area contributed by atoms with Crippen LogP contribution < -0.4 is 10.1 Å². The smallest absolute Gasteiger partial charge is 0.326 e. The van der Waals surface area contributed by atoms with Gasteiger partial charge < -0.3 is 15.2 Å². The van der Waals surface area contributed by atoms with Crippen molar-refractivity contribution < 1.29 is 19.4 Å².